The molecule has 0 aromatic heterocycles. The number of hydrogen-bond acceptors (Lipinski definition) is 4. The van der Waals surface area contributed by atoms with Crippen LogP contribution in [-0.4, -0.2) is 36.4 Å². The zero-order chi connectivity index (χ0) is 17.5. The quantitative estimate of drug-likeness (QED) is 0.554. The maximum atomic E-state index is 12.1. The number of carbonyl (C=O) groups excluding carboxylic acids is 1. The molecule has 3 N–H and O–H groups in total. The van der Waals surface area contributed by atoms with E-state index in [0.717, 1.165) is 30.6 Å². The Hall–Kier alpha value is -1.86. The summed E-state index contributed by atoms with van der Waals surface area (Å²) in [6.07, 6.45) is 1.66. The summed E-state index contributed by atoms with van der Waals surface area (Å²) in [7, 11) is 0. The van der Waals surface area contributed by atoms with Crippen LogP contribution in [0.3, 0.4) is 0 Å². The summed E-state index contributed by atoms with van der Waals surface area (Å²) >= 11 is 5.13. The van der Waals surface area contributed by atoms with Gasteiger partial charge in [0.25, 0.3) is 5.91 Å². The zero-order valence-electron chi connectivity index (χ0n) is 14.3. The van der Waals surface area contributed by atoms with E-state index in [9.17, 15) is 4.79 Å². The van der Waals surface area contributed by atoms with Gasteiger partial charge in [-0.2, -0.15) is 0 Å². The lowest BCUT2D eigenvalue weighted by atomic mass is 10.1. The minimum atomic E-state index is -0.640. The Labute approximate surface area is 148 Å². The zero-order valence-corrected chi connectivity index (χ0v) is 15.2. The molecule has 1 saturated heterocycles. The average molecular weight is 351 g/mol. The smallest absolute Gasteiger partial charge is 0.279 e. The van der Waals surface area contributed by atoms with Gasteiger partial charge in [-0.25, -0.2) is 0 Å². The first kappa shape index (κ1) is 18.5. The van der Waals surface area contributed by atoms with Crippen molar-refractivity contribution in [3.63, 3.8) is 0 Å². The normalized spacial score (nSPS) is 17.9. The third-order valence-electron chi connectivity index (χ3n) is 4.04. The number of rotatable bonds is 5. The molecule has 0 saturated carbocycles. The van der Waals surface area contributed by atoms with Crippen molar-refractivity contribution in [3.8, 4) is 5.75 Å². The lowest BCUT2D eigenvalue weighted by Crippen LogP contribution is -2.51. The van der Waals surface area contributed by atoms with Gasteiger partial charge < -0.3 is 14.8 Å². The van der Waals surface area contributed by atoms with Gasteiger partial charge in [-0.3, -0.25) is 15.6 Å². The van der Waals surface area contributed by atoms with Gasteiger partial charge in [0.2, 0.25) is 0 Å². The Morgan fingerprint density at radius 3 is 2.92 bits per heavy atom. The van der Waals surface area contributed by atoms with Crippen molar-refractivity contribution >= 4 is 23.2 Å². The highest BCUT2D eigenvalue weighted by Gasteiger charge is 2.17. The largest absolute Gasteiger partial charge is 0.481 e. The third-order valence-corrected chi connectivity index (χ3v) is 4.29. The highest BCUT2D eigenvalue weighted by Crippen LogP contribution is 2.21. The van der Waals surface area contributed by atoms with Gasteiger partial charge in [0.15, 0.2) is 11.2 Å². The van der Waals surface area contributed by atoms with Gasteiger partial charge in [-0.1, -0.05) is 12.1 Å². The van der Waals surface area contributed by atoms with Crippen LogP contribution in [0.1, 0.15) is 30.9 Å². The number of aryl methyl sites for hydroxylation is 1. The molecular weight excluding hydrogens is 326 g/mol. The van der Waals surface area contributed by atoms with E-state index in [2.05, 4.69) is 16.2 Å². The number of nitrogens with one attached hydrogen (secondary N) is 3. The molecule has 2 rings (SSSR count). The number of hydrazine groups is 1. The Kier molecular flexibility index (Phi) is 6.81. The molecule has 0 aliphatic carbocycles. The number of thiocarbonyl (C=S) groups is 1. The van der Waals surface area contributed by atoms with E-state index in [1.165, 1.54) is 0 Å². The van der Waals surface area contributed by atoms with Gasteiger partial charge in [-0.15, -0.1) is 0 Å². The summed E-state index contributed by atoms with van der Waals surface area (Å²) in [6, 6.07) is 5.77. The number of amides is 1. The molecule has 1 aromatic rings. The molecule has 1 amide bonds. The van der Waals surface area contributed by atoms with E-state index < -0.39 is 6.10 Å². The van der Waals surface area contributed by atoms with Crippen LogP contribution in [0, 0.1) is 13.8 Å². The molecule has 1 aromatic carbocycles. The van der Waals surface area contributed by atoms with E-state index >= 15 is 0 Å². The van der Waals surface area contributed by atoms with E-state index in [4.69, 9.17) is 21.7 Å². The second-order valence-electron chi connectivity index (χ2n) is 5.92. The number of benzene rings is 1. The molecule has 0 bridgehead atoms. The topological polar surface area (TPSA) is 71.6 Å². The first-order chi connectivity index (χ1) is 11.5. The molecule has 1 heterocycles. The molecule has 7 heteroatoms. The summed E-state index contributed by atoms with van der Waals surface area (Å²) < 4.78 is 11.2. The predicted molar refractivity (Wildman–Crippen MR) is 96.9 cm³/mol. The maximum absolute atomic E-state index is 12.1. The number of ether oxygens (including phenoxy) is 2. The van der Waals surface area contributed by atoms with Crippen molar-refractivity contribution in [3.05, 3.63) is 29.3 Å². The molecule has 0 unspecified atom stereocenters. The van der Waals surface area contributed by atoms with Crippen LogP contribution < -0.4 is 20.9 Å². The fourth-order valence-corrected chi connectivity index (χ4v) is 2.51. The minimum Gasteiger partial charge on any atom is -0.481 e. The van der Waals surface area contributed by atoms with E-state index in [1.807, 2.05) is 32.0 Å². The summed E-state index contributed by atoms with van der Waals surface area (Å²) in [5.41, 5.74) is 7.39. The average Bonchev–Trinajstić information content (AvgIpc) is 3.08. The van der Waals surface area contributed by atoms with Crippen molar-refractivity contribution in [2.75, 3.05) is 13.2 Å². The van der Waals surface area contributed by atoms with Crippen LogP contribution in [0.5, 0.6) is 5.75 Å². The molecule has 132 valence electrons. The summed E-state index contributed by atoms with van der Waals surface area (Å²) in [5, 5.41) is 3.38. The van der Waals surface area contributed by atoms with Crippen LogP contribution in [0.25, 0.3) is 0 Å². The standard InChI is InChI=1S/C17H25N3O3S/c1-11-6-4-8-15(12(11)2)23-13(3)16(21)19-20-17(24)18-10-14-7-5-9-22-14/h4,6,8,13-14H,5,7,9-10H2,1-3H3,(H,19,21)(H2,18,20,24)/t13-,14+/m0/s1. The van der Waals surface area contributed by atoms with Gasteiger partial charge in [0.05, 0.1) is 6.10 Å². The van der Waals surface area contributed by atoms with Crippen molar-refractivity contribution in [1.82, 2.24) is 16.2 Å². The molecular formula is C17H25N3O3S. The Balaban J connectivity index is 1.72. The van der Waals surface area contributed by atoms with E-state index in [0.29, 0.717) is 17.4 Å². The second-order valence-corrected chi connectivity index (χ2v) is 6.33. The highest BCUT2D eigenvalue weighted by molar-refractivity contribution is 7.80. The van der Waals surface area contributed by atoms with Crippen molar-refractivity contribution in [2.45, 2.75) is 45.8 Å². The Bertz CT molecular complexity index is 588. The lowest BCUT2D eigenvalue weighted by molar-refractivity contribution is -0.127. The lowest BCUT2D eigenvalue weighted by Gasteiger charge is -2.18. The van der Waals surface area contributed by atoms with Crippen molar-refractivity contribution < 1.29 is 14.3 Å². The molecule has 0 spiro atoms. The summed E-state index contributed by atoms with van der Waals surface area (Å²) in [6.45, 7) is 7.11. The van der Waals surface area contributed by atoms with Gasteiger partial charge >= 0.3 is 0 Å². The van der Waals surface area contributed by atoms with Crippen LogP contribution in [0.2, 0.25) is 0 Å². The van der Waals surface area contributed by atoms with Crippen LogP contribution in [0.4, 0.5) is 0 Å². The molecule has 6 nitrogen and oxygen atoms in total. The third kappa shape index (κ3) is 5.35. The van der Waals surface area contributed by atoms with Gasteiger partial charge in [0, 0.05) is 13.2 Å². The van der Waals surface area contributed by atoms with Gasteiger partial charge in [-0.05, 0) is 63.0 Å². The van der Waals surface area contributed by atoms with Crippen molar-refractivity contribution in [2.24, 2.45) is 0 Å². The van der Waals surface area contributed by atoms with Crippen molar-refractivity contribution in [1.29, 1.82) is 0 Å². The molecule has 2 atom stereocenters. The first-order valence-corrected chi connectivity index (χ1v) is 8.56. The second kappa shape index (κ2) is 8.84. The van der Waals surface area contributed by atoms with E-state index in [1.54, 1.807) is 6.92 Å². The highest BCUT2D eigenvalue weighted by atomic mass is 32.1. The number of hydrogen-bond donors (Lipinski definition) is 3. The van der Waals surface area contributed by atoms with Crippen LogP contribution >= 0.6 is 12.2 Å². The summed E-state index contributed by atoms with van der Waals surface area (Å²) in [4.78, 5) is 12.1. The Morgan fingerprint density at radius 1 is 1.42 bits per heavy atom. The Morgan fingerprint density at radius 2 is 2.21 bits per heavy atom. The monoisotopic (exact) mass is 351 g/mol. The molecule has 24 heavy (non-hydrogen) atoms. The first-order valence-electron chi connectivity index (χ1n) is 8.15. The predicted octanol–water partition coefficient (Wildman–Crippen LogP) is 1.75. The fraction of sp³-hybridized carbons (Fsp3) is 0.529. The fourth-order valence-electron chi connectivity index (χ4n) is 2.37. The van der Waals surface area contributed by atoms with Crippen LogP contribution in [-0.2, 0) is 9.53 Å². The molecule has 1 aliphatic heterocycles. The van der Waals surface area contributed by atoms with E-state index in [-0.39, 0.29) is 12.0 Å². The SMILES string of the molecule is Cc1cccc(O[C@@H](C)C(=O)NNC(=S)NC[C@H]2CCCO2)c1C. The molecule has 0 radical (unpaired) electrons. The summed E-state index contributed by atoms with van der Waals surface area (Å²) in [5.74, 6) is 0.411. The van der Waals surface area contributed by atoms with Crippen LogP contribution in [0.15, 0.2) is 18.2 Å². The maximum Gasteiger partial charge on any atom is 0.279 e. The minimum absolute atomic E-state index is 0.187. The molecule has 1 aliphatic rings. The van der Waals surface area contributed by atoms with Gasteiger partial charge in [0.1, 0.15) is 5.75 Å². The molecule has 1 fully saturated rings. The number of carbonyl (C=O) groups is 1.